The number of rotatable bonds is 56. The first-order valence-electron chi connectivity index (χ1n) is 29.3. The molecule has 0 spiro atoms. The van der Waals surface area contributed by atoms with Crippen molar-refractivity contribution in [2.24, 2.45) is 0 Å². The molecule has 66 heavy (non-hydrogen) atoms. The molecule has 0 aromatic heterocycles. The van der Waals surface area contributed by atoms with Crippen LogP contribution in [0, 0.1) is 0 Å². The fraction of sp³-hybridized carbons (Fsp3) is 0.982. The van der Waals surface area contributed by atoms with Crippen molar-refractivity contribution in [3.8, 4) is 0 Å². The maximum absolute atomic E-state index is 12.8. The van der Waals surface area contributed by atoms with E-state index in [-0.39, 0.29) is 25.8 Å². The summed E-state index contributed by atoms with van der Waals surface area (Å²) in [5, 5.41) is 0. The van der Waals surface area contributed by atoms with Gasteiger partial charge in [-0.05, 0) is 12.8 Å². The third-order valence-corrected chi connectivity index (χ3v) is 14.4. The molecular formula is C57H117NO7P+. The molecule has 0 aromatic rings. The second-order valence-electron chi connectivity index (χ2n) is 21.4. The van der Waals surface area contributed by atoms with E-state index in [1.807, 2.05) is 21.1 Å². The van der Waals surface area contributed by atoms with E-state index in [2.05, 4.69) is 13.8 Å². The second-order valence-corrected chi connectivity index (χ2v) is 22.9. The Labute approximate surface area is 412 Å². The first-order valence-corrected chi connectivity index (χ1v) is 30.8. The van der Waals surface area contributed by atoms with Gasteiger partial charge in [0.05, 0.1) is 34.4 Å². The van der Waals surface area contributed by atoms with E-state index in [0.29, 0.717) is 24.1 Å². The van der Waals surface area contributed by atoms with Crippen molar-refractivity contribution < 1.29 is 37.3 Å². The number of esters is 1. The van der Waals surface area contributed by atoms with E-state index in [9.17, 15) is 14.3 Å². The Morgan fingerprint density at radius 1 is 0.409 bits per heavy atom. The summed E-state index contributed by atoms with van der Waals surface area (Å²) in [6.07, 6.45) is 58.8. The molecular weight excluding hydrogens is 842 g/mol. The number of nitrogens with zero attached hydrogens (tertiary/aromatic N) is 1. The molecule has 8 nitrogen and oxygen atoms in total. The molecule has 0 aliphatic heterocycles. The van der Waals surface area contributed by atoms with E-state index < -0.39 is 13.9 Å². The number of hydrogen-bond acceptors (Lipinski definition) is 6. The van der Waals surface area contributed by atoms with Crippen LogP contribution in [0.1, 0.15) is 303 Å². The molecule has 0 amide bonds. The molecule has 0 radical (unpaired) electrons. The van der Waals surface area contributed by atoms with Crippen LogP contribution < -0.4 is 0 Å². The van der Waals surface area contributed by atoms with Crippen LogP contribution in [0.2, 0.25) is 0 Å². The van der Waals surface area contributed by atoms with Crippen LogP contribution in [-0.4, -0.2) is 75.6 Å². The van der Waals surface area contributed by atoms with Crippen molar-refractivity contribution in [2.45, 2.75) is 309 Å². The molecule has 0 heterocycles. The maximum Gasteiger partial charge on any atom is 0.472 e. The van der Waals surface area contributed by atoms with Gasteiger partial charge in [-0.15, -0.1) is 0 Å². The number of phosphoric ester groups is 1. The quantitative estimate of drug-likeness (QED) is 0.0281. The van der Waals surface area contributed by atoms with Gasteiger partial charge in [-0.3, -0.25) is 13.8 Å². The molecule has 1 N–H and O–H groups in total. The number of carbonyl (C=O) groups is 1. The van der Waals surface area contributed by atoms with Gasteiger partial charge in [0.25, 0.3) is 0 Å². The summed E-state index contributed by atoms with van der Waals surface area (Å²) >= 11 is 0. The number of quaternary nitrogens is 1. The van der Waals surface area contributed by atoms with E-state index in [4.69, 9.17) is 18.5 Å². The standard InChI is InChI=1S/C57H116NO7P/c1-6-8-10-12-14-16-18-20-22-24-26-27-28-29-30-31-32-34-36-38-40-42-44-46-48-50-57(59)65-56(55-64-66(60,61)63-53-51-58(3,4)5)54-62-52-49-47-45-43-41-39-37-35-33-25-23-21-19-17-15-13-11-9-7-2/h56H,6-55H2,1-5H3/p+1. The third-order valence-electron chi connectivity index (χ3n) is 13.4. The molecule has 0 bridgehead atoms. The molecule has 0 aliphatic rings. The van der Waals surface area contributed by atoms with E-state index >= 15 is 0 Å². The summed E-state index contributed by atoms with van der Waals surface area (Å²) in [4.78, 5) is 23.1. The fourth-order valence-corrected chi connectivity index (χ4v) is 9.65. The number of hydrogen-bond donors (Lipinski definition) is 1. The average Bonchev–Trinajstić information content (AvgIpc) is 3.28. The van der Waals surface area contributed by atoms with Crippen LogP contribution >= 0.6 is 7.82 Å². The second kappa shape index (κ2) is 50.9. The number of carbonyl (C=O) groups excluding carboxylic acids is 1. The number of phosphoric acid groups is 1. The molecule has 0 fully saturated rings. The van der Waals surface area contributed by atoms with Crippen molar-refractivity contribution >= 4 is 13.8 Å². The van der Waals surface area contributed by atoms with Gasteiger partial charge in [-0.2, -0.15) is 0 Å². The van der Waals surface area contributed by atoms with Gasteiger partial charge in [0.1, 0.15) is 19.3 Å². The zero-order valence-electron chi connectivity index (χ0n) is 45.2. The number of ether oxygens (including phenoxy) is 2. The Morgan fingerprint density at radius 3 is 1.00 bits per heavy atom. The molecule has 0 aromatic carbocycles. The third kappa shape index (κ3) is 54.4. The lowest BCUT2D eigenvalue weighted by molar-refractivity contribution is -0.870. The number of likely N-dealkylation sites (N-methyl/N-ethyl adjacent to an activating group) is 1. The zero-order chi connectivity index (χ0) is 48.3. The fourth-order valence-electron chi connectivity index (χ4n) is 8.91. The topological polar surface area (TPSA) is 91.3 Å². The largest absolute Gasteiger partial charge is 0.472 e. The Bertz CT molecular complexity index is 1020. The van der Waals surface area contributed by atoms with E-state index in [1.165, 1.54) is 250 Å². The Balaban J connectivity index is 3.99. The Hall–Kier alpha value is -0.500. The van der Waals surface area contributed by atoms with Crippen LogP contribution in [0.3, 0.4) is 0 Å². The highest BCUT2D eigenvalue weighted by molar-refractivity contribution is 7.47. The Kier molecular flexibility index (Phi) is 50.5. The number of unbranched alkanes of at least 4 members (excludes halogenated alkanes) is 42. The first-order chi connectivity index (χ1) is 32.1. The molecule has 0 saturated heterocycles. The van der Waals surface area contributed by atoms with E-state index in [1.54, 1.807) is 0 Å². The van der Waals surface area contributed by atoms with Gasteiger partial charge in [0.2, 0.25) is 0 Å². The average molecular weight is 960 g/mol. The lowest BCUT2D eigenvalue weighted by Crippen LogP contribution is -2.37. The SMILES string of the molecule is CCCCCCCCCCCCCCCCCCCCCCCCCCCC(=O)OC(COCCCCCCCCCCCCCCCCCCCCC)COP(=O)(O)OCC[N+](C)(C)C. The molecule has 0 aliphatic carbocycles. The van der Waals surface area contributed by atoms with Gasteiger partial charge in [-0.25, -0.2) is 4.57 Å². The summed E-state index contributed by atoms with van der Waals surface area (Å²) in [5.41, 5.74) is 0. The molecule has 0 saturated carbocycles. The smallest absolute Gasteiger partial charge is 0.457 e. The lowest BCUT2D eigenvalue weighted by Gasteiger charge is -2.24. The molecule has 396 valence electrons. The van der Waals surface area contributed by atoms with Gasteiger partial charge in [-0.1, -0.05) is 284 Å². The van der Waals surface area contributed by atoms with Gasteiger partial charge in [0, 0.05) is 13.0 Å². The van der Waals surface area contributed by atoms with Crippen LogP contribution in [0.4, 0.5) is 0 Å². The normalized spacial score (nSPS) is 13.4. The Morgan fingerprint density at radius 2 is 0.697 bits per heavy atom. The highest BCUT2D eigenvalue weighted by atomic mass is 31.2. The minimum atomic E-state index is -4.28. The molecule has 9 heteroatoms. The minimum absolute atomic E-state index is 0.0945. The monoisotopic (exact) mass is 959 g/mol. The van der Waals surface area contributed by atoms with Gasteiger partial charge < -0.3 is 18.9 Å². The molecule has 2 unspecified atom stereocenters. The van der Waals surface area contributed by atoms with Crippen molar-refractivity contribution in [2.75, 3.05) is 54.1 Å². The highest BCUT2D eigenvalue weighted by Gasteiger charge is 2.26. The van der Waals surface area contributed by atoms with Crippen molar-refractivity contribution in [1.29, 1.82) is 0 Å². The maximum atomic E-state index is 12.8. The first kappa shape index (κ1) is 65.5. The van der Waals surface area contributed by atoms with Crippen molar-refractivity contribution in [3.63, 3.8) is 0 Å². The van der Waals surface area contributed by atoms with Crippen LogP contribution in [0.25, 0.3) is 0 Å². The summed E-state index contributed by atoms with van der Waals surface area (Å²) in [6, 6.07) is 0. The van der Waals surface area contributed by atoms with Crippen LogP contribution in [0.15, 0.2) is 0 Å². The summed E-state index contributed by atoms with van der Waals surface area (Å²) in [5.74, 6) is -0.302. The summed E-state index contributed by atoms with van der Waals surface area (Å²) < 4.78 is 35.3. The lowest BCUT2D eigenvalue weighted by atomic mass is 10.0. The van der Waals surface area contributed by atoms with Gasteiger partial charge in [0.15, 0.2) is 0 Å². The zero-order valence-corrected chi connectivity index (χ0v) is 46.1. The predicted molar refractivity (Wildman–Crippen MR) is 284 cm³/mol. The predicted octanol–water partition coefficient (Wildman–Crippen LogP) is 18.3. The van der Waals surface area contributed by atoms with Crippen molar-refractivity contribution in [3.05, 3.63) is 0 Å². The minimum Gasteiger partial charge on any atom is -0.457 e. The van der Waals surface area contributed by atoms with Gasteiger partial charge >= 0.3 is 13.8 Å². The van der Waals surface area contributed by atoms with E-state index in [0.717, 1.165) is 32.1 Å². The summed E-state index contributed by atoms with van der Waals surface area (Å²) in [7, 11) is 1.69. The summed E-state index contributed by atoms with van der Waals surface area (Å²) in [6.45, 7) is 5.72. The molecule has 2 atom stereocenters. The van der Waals surface area contributed by atoms with Crippen LogP contribution in [-0.2, 0) is 27.9 Å². The van der Waals surface area contributed by atoms with Crippen molar-refractivity contribution in [1.82, 2.24) is 0 Å². The van der Waals surface area contributed by atoms with Crippen LogP contribution in [0.5, 0.6) is 0 Å². The molecule has 0 rings (SSSR count). The highest BCUT2D eigenvalue weighted by Crippen LogP contribution is 2.43.